The largest absolute Gasteiger partial charge is 0.496 e. The van der Waals surface area contributed by atoms with E-state index in [1.165, 1.54) is 6.07 Å². The first-order valence-corrected chi connectivity index (χ1v) is 6.95. The lowest BCUT2D eigenvalue weighted by molar-refractivity contribution is 0.314. The van der Waals surface area contributed by atoms with Crippen LogP contribution < -0.4 is 15.8 Å². The normalized spacial score (nSPS) is 25.1. The zero-order valence-electron chi connectivity index (χ0n) is 11.7. The maximum atomic E-state index is 13.4. The topological polar surface area (TPSA) is 47.3 Å². The van der Waals surface area contributed by atoms with Crippen LogP contribution in [-0.4, -0.2) is 19.2 Å². The molecule has 1 saturated carbocycles. The summed E-state index contributed by atoms with van der Waals surface area (Å²) in [4.78, 5) is 0. The highest BCUT2D eigenvalue weighted by molar-refractivity contribution is 5.36. The van der Waals surface area contributed by atoms with Crippen molar-refractivity contribution in [2.45, 2.75) is 50.7 Å². The molecule has 4 heteroatoms. The lowest BCUT2D eigenvalue weighted by atomic mass is 9.90. The average Bonchev–Trinajstić information content (AvgIpc) is 2.38. The summed E-state index contributed by atoms with van der Waals surface area (Å²) in [6, 6.07) is 5.39. The molecule has 0 amide bonds. The van der Waals surface area contributed by atoms with Gasteiger partial charge in [0.2, 0.25) is 0 Å². The zero-order chi connectivity index (χ0) is 13.8. The number of halogens is 1. The van der Waals surface area contributed by atoms with Gasteiger partial charge in [0, 0.05) is 23.7 Å². The van der Waals surface area contributed by atoms with Crippen molar-refractivity contribution in [2.24, 2.45) is 5.73 Å². The van der Waals surface area contributed by atoms with Crippen molar-refractivity contribution >= 4 is 0 Å². The number of methoxy groups -OCH3 is 1. The first-order valence-electron chi connectivity index (χ1n) is 6.95. The molecule has 1 fully saturated rings. The van der Waals surface area contributed by atoms with Crippen molar-refractivity contribution < 1.29 is 9.13 Å². The van der Waals surface area contributed by atoms with Gasteiger partial charge in [-0.1, -0.05) is 6.42 Å². The fraction of sp³-hybridized carbons (Fsp3) is 0.600. The van der Waals surface area contributed by atoms with Crippen LogP contribution in [0.3, 0.4) is 0 Å². The van der Waals surface area contributed by atoms with Gasteiger partial charge in [0.25, 0.3) is 0 Å². The van der Waals surface area contributed by atoms with E-state index in [1.807, 2.05) is 6.92 Å². The predicted octanol–water partition coefficient (Wildman–Crippen LogP) is 2.75. The molecule has 0 aliphatic heterocycles. The monoisotopic (exact) mass is 266 g/mol. The van der Waals surface area contributed by atoms with Crippen molar-refractivity contribution in [1.29, 1.82) is 0 Å². The van der Waals surface area contributed by atoms with Crippen LogP contribution in [0, 0.1) is 5.82 Å². The van der Waals surface area contributed by atoms with Crippen molar-refractivity contribution in [3.05, 3.63) is 29.6 Å². The van der Waals surface area contributed by atoms with Gasteiger partial charge in [0.15, 0.2) is 0 Å². The van der Waals surface area contributed by atoms with E-state index in [4.69, 9.17) is 10.5 Å². The fourth-order valence-electron chi connectivity index (χ4n) is 2.87. The first kappa shape index (κ1) is 14.3. The Morgan fingerprint density at radius 2 is 2.21 bits per heavy atom. The van der Waals surface area contributed by atoms with Gasteiger partial charge in [-0.05, 0) is 44.4 Å². The molecule has 3 unspecified atom stereocenters. The van der Waals surface area contributed by atoms with Crippen molar-refractivity contribution in [2.75, 3.05) is 7.11 Å². The number of benzene rings is 1. The summed E-state index contributed by atoms with van der Waals surface area (Å²) < 4.78 is 18.7. The molecule has 106 valence electrons. The summed E-state index contributed by atoms with van der Waals surface area (Å²) in [5.41, 5.74) is 6.86. The molecule has 0 bridgehead atoms. The number of rotatable bonds is 4. The summed E-state index contributed by atoms with van der Waals surface area (Å²) in [6.07, 6.45) is 4.39. The van der Waals surface area contributed by atoms with E-state index in [0.29, 0.717) is 6.04 Å². The van der Waals surface area contributed by atoms with E-state index in [-0.39, 0.29) is 17.9 Å². The molecule has 1 aromatic carbocycles. The molecule has 0 aromatic heterocycles. The van der Waals surface area contributed by atoms with Gasteiger partial charge in [-0.2, -0.15) is 0 Å². The summed E-state index contributed by atoms with van der Waals surface area (Å²) in [7, 11) is 1.61. The molecule has 0 heterocycles. The smallest absolute Gasteiger partial charge is 0.123 e. The Kier molecular flexibility index (Phi) is 4.77. The summed E-state index contributed by atoms with van der Waals surface area (Å²) in [5, 5.41) is 3.54. The maximum absolute atomic E-state index is 13.4. The molecular formula is C15H23FN2O. The summed E-state index contributed by atoms with van der Waals surface area (Å²) in [6.45, 7) is 2.04. The summed E-state index contributed by atoms with van der Waals surface area (Å²) >= 11 is 0. The third-order valence-corrected chi connectivity index (χ3v) is 3.86. The van der Waals surface area contributed by atoms with E-state index in [1.54, 1.807) is 19.2 Å². The Balaban J connectivity index is 2.06. The van der Waals surface area contributed by atoms with Gasteiger partial charge in [-0.3, -0.25) is 0 Å². The minimum atomic E-state index is -0.232. The predicted molar refractivity (Wildman–Crippen MR) is 74.7 cm³/mol. The van der Waals surface area contributed by atoms with E-state index in [2.05, 4.69) is 5.32 Å². The van der Waals surface area contributed by atoms with E-state index < -0.39 is 0 Å². The van der Waals surface area contributed by atoms with Gasteiger partial charge in [0.1, 0.15) is 11.6 Å². The second-order valence-electron chi connectivity index (χ2n) is 5.40. The minimum Gasteiger partial charge on any atom is -0.496 e. The van der Waals surface area contributed by atoms with Crippen molar-refractivity contribution in [1.82, 2.24) is 5.32 Å². The number of ether oxygens (including phenoxy) is 1. The average molecular weight is 266 g/mol. The molecule has 2 rings (SSSR count). The number of hydrogen-bond acceptors (Lipinski definition) is 3. The minimum absolute atomic E-state index is 0.0564. The highest BCUT2D eigenvalue weighted by Gasteiger charge is 2.22. The van der Waals surface area contributed by atoms with Crippen molar-refractivity contribution in [3.63, 3.8) is 0 Å². The molecule has 3 N–H and O–H groups in total. The molecule has 0 spiro atoms. The molecule has 1 aromatic rings. The highest BCUT2D eigenvalue weighted by atomic mass is 19.1. The van der Waals surface area contributed by atoms with E-state index in [0.717, 1.165) is 37.0 Å². The van der Waals surface area contributed by atoms with Gasteiger partial charge in [-0.15, -0.1) is 0 Å². The van der Waals surface area contributed by atoms with Crippen LogP contribution in [0.15, 0.2) is 18.2 Å². The molecule has 0 radical (unpaired) electrons. The van der Waals surface area contributed by atoms with Gasteiger partial charge < -0.3 is 15.8 Å². The molecule has 3 nitrogen and oxygen atoms in total. The fourth-order valence-corrected chi connectivity index (χ4v) is 2.87. The van der Waals surface area contributed by atoms with E-state index >= 15 is 0 Å². The summed E-state index contributed by atoms with van der Waals surface area (Å²) in [5.74, 6) is 0.492. The number of hydrogen-bond donors (Lipinski definition) is 2. The Hall–Kier alpha value is -1.13. The maximum Gasteiger partial charge on any atom is 0.123 e. The first-order chi connectivity index (χ1) is 9.10. The molecule has 0 saturated heterocycles. The van der Waals surface area contributed by atoms with Crippen LogP contribution in [0.2, 0.25) is 0 Å². The SMILES string of the molecule is COc1ccc(F)cc1C(C)NC1CCCC(N)C1. The zero-order valence-corrected chi connectivity index (χ0v) is 11.7. The van der Waals surface area contributed by atoms with Crippen LogP contribution in [-0.2, 0) is 0 Å². The Labute approximate surface area is 114 Å². The van der Waals surface area contributed by atoms with Crippen molar-refractivity contribution in [3.8, 4) is 5.75 Å². The van der Waals surface area contributed by atoms with Crippen LogP contribution in [0.4, 0.5) is 4.39 Å². The second-order valence-corrected chi connectivity index (χ2v) is 5.40. The lowest BCUT2D eigenvalue weighted by Crippen LogP contribution is -2.40. The Morgan fingerprint density at radius 3 is 2.89 bits per heavy atom. The highest BCUT2D eigenvalue weighted by Crippen LogP contribution is 2.28. The molecule has 19 heavy (non-hydrogen) atoms. The van der Waals surface area contributed by atoms with Gasteiger partial charge in [0.05, 0.1) is 7.11 Å². The third-order valence-electron chi connectivity index (χ3n) is 3.86. The molecule has 3 atom stereocenters. The molecule has 1 aliphatic carbocycles. The van der Waals surface area contributed by atoms with Gasteiger partial charge in [-0.25, -0.2) is 4.39 Å². The van der Waals surface area contributed by atoms with Crippen LogP contribution in [0.25, 0.3) is 0 Å². The quantitative estimate of drug-likeness (QED) is 0.881. The van der Waals surface area contributed by atoms with Crippen LogP contribution >= 0.6 is 0 Å². The van der Waals surface area contributed by atoms with E-state index in [9.17, 15) is 4.39 Å². The Bertz CT molecular complexity index is 425. The molecular weight excluding hydrogens is 243 g/mol. The van der Waals surface area contributed by atoms with Gasteiger partial charge >= 0.3 is 0 Å². The second kappa shape index (κ2) is 6.35. The van der Waals surface area contributed by atoms with Crippen LogP contribution in [0.5, 0.6) is 5.75 Å². The number of nitrogens with one attached hydrogen (secondary N) is 1. The third kappa shape index (κ3) is 3.67. The molecule has 1 aliphatic rings. The lowest BCUT2D eigenvalue weighted by Gasteiger charge is -2.30. The Morgan fingerprint density at radius 1 is 1.42 bits per heavy atom. The number of nitrogens with two attached hydrogens (primary N) is 1. The van der Waals surface area contributed by atoms with Crippen LogP contribution in [0.1, 0.15) is 44.2 Å². The standard InChI is InChI=1S/C15H23FN2O/c1-10(18-13-5-3-4-12(17)9-13)14-8-11(16)6-7-15(14)19-2/h6-8,10,12-13,18H,3-5,9,17H2,1-2H3.